The van der Waals surface area contributed by atoms with Crippen LogP contribution in [0, 0.1) is 11.6 Å². The number of hydroxylamine groups is 2. The smallest absolute Gasteiger partial charge is 0.129 e. The highest BCUT2D eigenvalue weighted by Gasteiger charge is 2.46. The molecule has 0 spiro atoms. The standard InChI is InChI=1S/C18H27F2NO/c1-6-7-12-8-14(19)16(15(20)9-12)13-10-17(2,3)21(22)18(4,5)11-13/h8-9,13,22H,6-7,10-11H2,1-5H3. The Bertz CT molecular complexity index is 513. The third-order valence-electron chi connectivity index (χ3n) is 4.72. The van der Waals surface area contributed by atoms with E-state index in [0.29, 0.717) is 24.8 Å². The SMILES string of the molecule is CCCc1cc(F)c(C2CC(C)(C)N(O)C(C)(C)C2)c(F)c1. The lowest BCUT2D eigenvalue weighted by molar-refractivity contribution is -0.245. The fourth-order valence-corrected chi connectivity index (χ4v) is 3.93. The molecule has 22 heavy (non-hydrogen) atoms. The minimum atomic E-state index is -0.520. The molecule has 0 unspecified atom stereocenters. The molecule has 0 aromatic heterocycles. The van der Waals surface area contributed by atoms with Crippen molar-refractivity contribution in [2.75, 3.05) is 0 Å². The number of halogens is 2. The van der Waals surface area contributed by atoms with Gasteiger partial charge in [-0.1, -0.05) is 13.3 Å². The lowest BCUT2D eigenvalue weighted by atomic mass is 9.72. The lowest BCUT2D eigenvalue weighted by Gasteiger charge is -2.51. The maximum Gasteiger partial charge on any atom is 0.129 e. The van der Waals surface area contributed by atoms with Gasteiger partial charge in [-0.2, -0.15) is 5.06 Å². The quantitative estimate of drug-likeness (QED) is 0.845. The summed E-state index contributed by atoms with van der Waals surface area (Å²) in [4.78, 5) is 0. The Labute approximate surface area is 132 Å². The summed E-state index contributed by atoms with van der Waals surface area (Å²) in [5, 5.41) is 11.7. The highest BCUT2D eigenvalue weighted by Crippen LogP contribution is 2.45. The second-order valence-electron chi connectivity index (χ2n) is 7.76. The molecule has 2 rings (SSSR count). The number of aryl methyl sites for hydroxylation is 1. The molecule has 0 amide bonds. The van der Waals surface area contributed by atoms with Crippen LogP contribution in [0.25, 0.3) is 0 Å². The number of rotatable bonds is 3. The van der Waals surface area contributed by atoms with Crippen LogP contribution in [0.1, 0.15) is 70.9 Å². The normalized spacial score (nSPS) is 22.0. The largest absolute Gasteiger partial charge is 0.313 e. The van der Waals surface area contributed by atoms with Crippen molar-refractivity contribution in [2.24, 2.45) is 0 Å². The van der Waals surface area contributed by atoms with E-state index in [1.165, 1.54) is 17.2 Å². The van der Waals surface area contributed by atoms with E-state index < -0.39 is 22.7 Å². The zero-order chi connectivity index (χ0) is 16.7. The molecule has 1 saturated heterocycles. The van der Waals surface area contributed by atoms with Gasteiger partial charge in [-0.15, -0.1) is 0 Å². The predicted octanol–water partition coefficient (Wildman–Crippen LogP) is 5.04. The van der Waals surface area contributed by atoms with Gasteiger partial charge in [0.1, 0.15) is 11.6 Å². The summed E-state index contributed by atoms with van der Waals surface area (Å²) >= 11 is 0. The van der Waals surface area contributed by atoms with E-state index in [-0.39, 0.29) is 11.5 Å². The van der Waals surface area contributed by atoms with Gasteiger partial charge in [0.05, 0.1) is 0 Å². The first-order valence-corrected chi connectivity index (χ1v) is 8.05. The minimum Gasteiger partial charge on any atom is -0.313 e. The second kappa shape index (κ2) is 5.89. The molecule has 1 aromatic carbocycles. The Morgan fingerprint density at radius 1 is 1.09 bits per heavy atom. The van der Waals surface area contributed by atoms with Gasteiger partial charge in [-0.25, -0.2) is 8.78 Å². The van der Waals surface area contributed by atoms with Crippen LogP contribution in [0.3, 0.4) is 0 Å². The fraction of sp³-hybridized carbons (Fsp3) is 0.667. The minimum absolute atomic E-state index is 0.175. The third-order valence-corrected chi connectivity index (χ3v) is 4.72. The Kier molecular flexibility index (Phi) is 4.65. The monoisotopic (exact) mass is 311 g/mol. The van der Waals surface area contributed by atoms with Crippen molar-refractivity contribution in [3.8, 4) is 0 Å². The zero-order valence-corrected chi connectivity index (χ0v) is 14.2. The van der Waals surface area contributed by atoms with E-state index in [1.54, 1.807) is 0 Å². The summed E-state index contributed by atoms with van der Waals surface area (Å²) in [5.74, 6) is -1.14. The summed E-state index contributed by atoms with van der Waals surface area (Å²) < 4.78 is 29.0. The Morgan fingerprint density at radius 2 is 1.55 bits per heavy atom. The summed E-state index contributed by atoms with van der Waals surface area (Å²) in [7, 11) is 0. The van der Waals surface area contributed by atoms with E-state index >= 15 is 0 Å². The molecule has 0 bridgehead atoms. The molecule has 1 aromatic rings. The van der Waals surface area contributed by atoms with Crippen molar-refractivity contribution < 1.29 is 14.0 Å². The van der Waals surface area contributed by atoms with E-state index in [4.69, 9.17) is 0 Å². The van der Waals surface area contributed by atoms with Gasteiger partial charge in [0.25, 0.3) is 0 Å². The molecule has 1 N–H and O–H groups in total. The van der Waals surface area contributed by atoms with Crippen LogP contribution in [0.2, 0.25) is 0 Å². The lowest BCUT2D eigenvalue weighted by Crippen LogP contribution is -2.58. The highest BCUT2D eigenvalue weighted by molar-refractivity contribution is 5.30. The van der Waals surface area contributed by atoms with Gasteiger partial charge in [0, 0.05) is 16.6 Å². The molecule has 1 heterocycles. The first-order chi connectivity index (χ1) is 10.1. The van der Waals surface area contributed by atoms with E-state index in [9.17, 15) is 14.0 Å². The van der Waals surface area contributed by atoms with E-state index in [0.717, 1.165) is 6.42 Å². The molecule has 1 aliphatic heterocycles. The summed E-state index contributed by atoms with van der Waals surface area (Å²) in [6.45, 7) is 9.61. The Morgan fingerprint density at radius 3 is 1.95 bits per heavy atom. The second-order valence-corrected chi connectivity index (χ2v) is 7.76. The molecule has 124 valence electrons. The van der Waals surface area contributed by atoms with Crippen molar-refractivity contribution in [2.45, 2.75) is 77.3 Å². The van der Waals surface area contributed by atoms with Gasteiger partial charge in [-0.05, 0) is 70.6 Å². The average molecular weight is 311 g/mol. The van der Waals surface area contributed by atoms with Gasteiger partial charge in [0.15, 0.2) is 0 Å². The third kappa shape index (κ3) is 3.18. The van der Waals surface area contributed by atoms with Crippen molar-refractivity contribution in [1.29, 1.82) is 0 Å². The van der Waals surface area contributed by atoms with Crippen molar-refractivity contribution in [3.05, 3.63) is 34.9 Å². The average Bonchev–Trinajstić information content (AvgIpc) is 2.34. The Balaban J connectivity index is 2.40. The maximum atomic E-state index is 14.5. The van der Waals surface area contributed by atoms with Crippen LogP contribution in [0.15, 0.2) is 12.1 Å². The first kappa shape index (κ1) is 17.4. The Hall–Kier alpha value is -1.00. The summed E-state index contributed by atoms with van der Waals surface area (Å²) in [5.41, 5.74) is -0.158. The number of nitrogens with zero attached hydrogens (tertiary/aromatic N) is 1. The van der Waals surface area contributed by atoms with Crippen LogP contribution in [0.4, 0.5) is 8.78 Å². The van der Waals surface area contributed by atoms with E-state index in [2.05, 4.69) is 0 Å². The van der Waals surface area contributed by atoms with Gasteiger partial charge >= 0.3 is 0 Å². The van der Waals surface area contributed by atoms with Gasteiger partial charge in [-0.3, -0.25) is 0 Å². The molecule has 1 fully saturated rings. The number of piperidine rings is 1. The predicted molar refractivity (Wildman–Crippen MR) is 84.1 cm³/mol. The molecule has 1 aliphatic rings. The molecule has 0 saturated carbocycles. The molecule has 4 heteroatoms. The highest BCUT2D eigenvalue weighted by atomic mass is 19.1. The van der Waals surface area contributed by atoms with Crippen molar-refractivity contribution >= 4 is 0 Å². The van der Waals surface area contributed by atoms with Crippen LogP contribution in [0.5, 0.6) is 0 Å². The van der Waals surface area contributed by atoms with Crippen LogP contribution >= 0.6 is 0 Å². The summed E-state index contributed by atoms with van der Waals surface area (Å²) in [6, 6.07) is 2.93. The fourth-order valence-electron chi connectivity index (χ4n) is 3.93. The number of hydrogen-bond acceptors (Lipinski definition) is 2. The molecule has 0 atom stereocenters. The molecule has 2 nitrogen and oxygen atoms in total. The van der Waals surface area contributed by atoms with Crippen LogP contribution in [-0.2, 0) is 6.42 Å². The topological polar surface area (TPSA) is 23.5 Å². The maximum absolute atomic E-state index is 14.5. The summed E-state index contributed by atoms with van der Waals surface area (Å²) in [6.07, 6.45) is 2.59. The molecular formula is C18H27F2NO. The number of hydrogen-bond donors (Lipinski definition) is 1. The first-order valence-electron chi connectivity index (χ1n) is 8.05. The van der Waals surface area contributed by atoms with Gasteiger partial charge < -0.3 is 5.21 Å². The molecule has 0 radical (unpaired) electrons. The molecular weight excluding hydrogens is 284 g/mol. The van der Waals surface area contributed by atoms with Gasteiger partial charge in [0.2, 0.25) is 0 Å². The van der Waals surface area contributed by atoms with Crippen molar-refractivity contribution in [3.63, 3.8) is 0 Å². The number of benzene rings is 1. The van der Waals surface area contributed by atoms with Crippen LogP contribution < -0.4 is 0 Å². The zero-order valence-electron chi connectivity index (χ0n) is 14.2. The molecule has 0 aliphatic carbocycles. The van der Waals surface area contributed by atoms with Crippen molar-refractivity contribution in [1.82, 2.24) is 5.06 Å². The van der Waals surface area contributed by atoms with Crippen LogP contribution in [-0.4, -0.2) is 21.3 Å². The van der Waals surface area contributed by atoms with E-state index in [1.807, 2.05) is 34.6 Å².